The predicted octanol–water partition coefficient (Wildman–Crippen LogP) is 3.83. The lowest BCUT2D eigenvalue weighted by Crippen LogP contribution is -2.45. The van der Waals surface area contributed by atoms with Crippen LogP contribution in [0.1, 0.15) is 35.3 Å². The standard InChI is InChI=1S/C22H26F2N2O3/c1-15-12-26(13-16(2)28-15)14-18-8-4-3-7-17(18)11-25-21(27)19-9-5-6-10-20(19)29-22(23)24/h3-10,15-16,22H,11-14H2,1-2H3,(H,25,27)/t15-,16-/m0/s1. The van der Waals surface area contributed by atoms with Gasteiger partial charge in [-0.1, -0.05) is 36.4 Å². The van der Waals surface area contributed by atoms with Crippen molar-refractivity contribution in [2.45, 2.75) is 45.8 Å². The maximum atomic E-state index is 12.6. The second-order valence-electron chi connectivity index (χ2n) is 7.28. The zero-order valence-corrected chi connectivity index (χ0v) is 16.6. The lowest BCUT2D eigenvalue weighted by molar-refractivity contribution is -0.0705. The Labute approximate surface area is 169 Å². The molecule has 0 unspecified atom stereocenters. The van der Waals surface area contributed by atoms with Crippen molar-refractivity contribution in [1.82, 2.24) is 10.2 Å². The molecule has 0 radical (unpaired) electrons. The summed E-state index contributed by atoms with van der Waals surface area (Å²) in [5.41, 5.74) is 2.19. The van der Waals surface area contributed by atoms with Crippen molar-refractivity contribution in [3.63, 3.8) is 0 Å². The fraction of sp³-hybridized carbons (Fsp3) is 0.409. The Hall–Kier alpha value is -2.51. The van der Waals surface area contributed by atoms with Crippen molar-refractivity contribution in [2.24, 2.45) is 0 Å². The largest absolute Gasteiger partial charge is 0.434 e. The molecule has 2 atom stereocenters. The Morgan fingerprint density at radius 1 is 1.10 bits per heavy atom. The molecule has 0 saturated carbocycles. The summed E-state index contributed by atoms with van der Waals surface area (Å²) in [6.45, 7) is 3.90. The molecule has 1 heterocycles. The summed E-state index contributed by atoms with van der Waals surface area (Å²) in [7, 11) is 0. The topological polar surface area (TPSA) is 50.8 Å². The van der Waals surface area contributed by atoms with Gasteiger partial charge in [0.05, 0.1) is 17.8 Å². The Kier molecular flexibility index (Phi) is 7.17. The number of para-hydroxylation sites is 1. The van der Waals surface area contributed by atoms with Crippen LogP contribution in [-0.4, -0.2) is 42.7 Å². The number of morpholine rings is 1. The zero-order chi connectivity index (χ0) is 20.8. The second-order valence-corrected chi connectivity index (χ2v) is 7.28. The number of carbonyl (C=O) groups is 1. The van der Waals surface area contributed by atoms with Crippen LogP contribution in [-0.2, 0) is 17.8 Å². The number of hydrogen-bond acceptors (Lipinski definition) is 4. The van der Waals surface area contributed by atoms with Crippen LogP contribution in [0, 0.1) is 0 Å². The Balaban J connectivity index is 1.66. The van der Waals surface area contributed by atoms with Crippen molar-refractivity contribution in [3.05, 3.63) is 65.2 Å². The summed E-state index contributed by atoms with van der Waals surface area (Å²) in [6.07, 6.45) is 0.355. The van der Waals surface area contributed by atoms with Gasteiger partial charge in [-0.05, 0) is 37.1 Å². The number of nitrogens with zero attached hydrogens (tertiary/aromatic N) is 1. The highest BCUT2D eigenvalue weighted by atomic mass is 19.3. The molecule has 0 spiro atoms. The summed E-state index contributed by atoms with van der Waals surface area (Å²) in [4.78, 5) is 14.9. The lowest BCUT2D eigenvalue weighted by Gasteiger charge is -2.35. The summed E-state index contributed by atoms with van der Waals surface area (Å²) < 4.78 is 35.4. The molecule has 0 bridgehead atoms. The van der Waals surface area contributed by atoms with Crippen LogP contribution in [0.5, 0.6) is 5.75 Å². The van der Waals surface area contributed by atoms with E-state index in [4.69, 9.17) is 4.74 Å². The first-order valence-electron chi connectivity index (χ1n) is 9.69. The van der Waals surface area contributed by atoms with Crippen molar-refractivity contribution in [1.29, 1.82) is 0 Å². The number of nitrogens with one attached hydrogen (secondary N) is 1. The fourth-order valence-electron chi connectivity index (χ4n) is 3.66. The third-order valence-electron chi connectivity index (χ3n) is 4.79. The molecule has 5 nitrogen and oxygen atoms in total. The first kappa shape index (κ1) is 21.2. The van der Waals surface area contributed by atoms with Crippen LogP contribution < -0.4 is 10.1 Å². The molecule has 0 aliphatic carbocycles. The van der Waals surface area contributed by atoms with Crippen LogP contribution in [0.15, 0.2) is 48.5 Å². The number of halogens is 2. The van der Waals surface area contributed by atoms with Gasteiger partial charge >= 0.3 is 6.61 Å². The number of ether oxygens (including phenoxy) is 2. The van der Waals surface area contributed by atoms with E-state index in [-0.39, 0.29) is 23.5 Å². The highest BCUT2D eigenvalue weighted by Gasteiger charge is 2.23. The molecule has 1 aliphatic rings. The van der Waals surface area contributed by atoms with E-state index < -0.39 is 12.5 Å². The summed E-state index contributed by atoms with van der Waals surface area (Å²) in [5, 5.41) is 2.82. The highest BCUT2D eigenvalue weighted by Crippen LogP contribution is 2.21. The minimum Gasteiger partial charge on any atom is -0.434 e. The molecule has 29 heavy (non-hydrogen) atoms. The van der Waals surface area contributed by atoms with Gasteiger partial charge in [-0.25, -0.2) is 0 Å². The van der Waals surface area contributed by atoms with Gasteiger partial charge in [0.25, 0.3) is 5.91 Å². The van der Waals surface area contributed by atoms with Crippen LogP contribution in [0.25, 0.3) is 0 Å². The number of hydrogen-bond donors (Lipinski definition) is 1. The highest BCUT2D eigenvalue weighted by molar-refractivity contribution is 5.96. The Morgan fingerprint density at radius 3 is 2.41 bits per heavy atom. The normalized spacial score (nSPS) is 19.9. The average molecular weight is 404 g/mol. The van der Waals surface area contributed by atoms with Crippen molar-refractivity contribution < 1.29 is 23.0 Å². The monoisotopic (exact) mass is 404 g/mol. The second kappa shape index (κ2) is 9.80. The Morgan fingerprint density at radius 2 is 1.72 bits per heavy atom. The molecule has 2 aromatic carbocycles. The first-order valence-corrected chi connectivity index (χ1v) is 9.69. The fourth-order valence-corrected chi connectivity index (χ4v) is 3.66. The molecule has 3 rings (SSSR count). The third kappa shape index (κ3) is 5.98. The number of rotatable bonds is 7. The van der Waals surface area contributed by atoms with E-state index in [9.17, 15) is 13.6 Å². The van der Waals surface area contributed by atoms with Crippen LogP contribution in [0.4, 0.5) is 8.78 Å². The molecule has 156 valence electrons. The van der Waals surface area contributed by atoms with Crippen molar-refractivity contribution in [3.8, 4) is 5.75 Å². The van der Waals surface area contributed by atoms with Crippen LogP contribution >= 0.6 is 0 Å². The van der Waals surface area contributed by atoms with E-state index >= 15 is 0 Å². The molecule has 1 amide bonds. The molecular formula is C22H26F2N2O3. The third-order valence-corrected chi connectivity index (χ3v) is 4.79. The smallest absolute Gasteiger partial charge is 0.387 e. The number of benzene rings is 2. The van der Waals surface area contributed by atoms with E-state index in [0.717, 1.165) is 30.8 Å². The van der Waals surface area contributed by atoms with Crippen LogP contribution in [0.3, 0.4) is 0 Å². The maximum absolute atomic E-state index is 12.6. The average Bonchev–Trinajstić information content (AvgIpc) is 2.66. The van der Waals surface area contributed by atoms with Gasteiger partial charge in [-0.15, -0.1) is 0 Å². The summed E-state index contributed by atoms with van der Waals surface area (Å²) in [6, 6.07) is 13.9. The Bertz CT molecular complexity index is 821. The number of amides is 1. The van der Waals surface area contributed by atoms with E-state index in [1.54, 1.807) is 12.1 Å². The molecule has 2 aromatic rings. The summed E-state index contributed by atoms with van der Waals surface area (Å²) in [5.74, 6) is -0.589. The van der Waals surface area contributed by atoms with Gasteiger partial charge in [0.1, 0.15) is 5.75 Å². The molecule has 1 saturated heterocycles. The lowest BCUT2D eigenvalue weighted by atomic mass is 10.1. The van der Waals surface area contributed by atoms with E-state index in [1.165, 1.54) is 12.1 Å². The minimum absolute atomic E-state index is 0.0844. The van der Waals surface area contributed by atoms with Gasteiger partial charge in [-0.2, -0.15) is 8.78 Å². The molecular weight excluding hydrogens is 378 g/mol. The van der Waals surface area contributed by atoms with E-state index in [1.807, 2.05) is 24.3 Å². The predicted molar refractivity (Wildman–Crippen MR) is 106 cm³/mol. The van der Waals surface area contributed by atoms with Crippen LogP contribution in [0.2, 0.25) is 0 Å². The quantitative estimate of drug-likeness (QED) is 0.762. The molecule has 1 N–H and O–H groups in total. The zero-order valence-electron chi connectivity index (χ0n) is 16.6. The van der Waals surface area contributed by atoms with Gasteiger partial charge in [0, 0.05) is 26.2 Å². The number of alkyl halides is 2. The summed E-state index contributed by atoms with van der Waals surface area (Å²) >= 11 is 0. The van der Waals surface area contributed by atoms with Gasteiger partial charge in [-0.3, -0.25) is 9.69 Å². The minimum atomic E-state index is -2.98. The molecule has 1 fully saturated rings. The van der Waals surface area contributed by atoms with E-state index in [0.29, 0.717) is 6.54 Å². The molecule has 0 aromatic heterocycles. The van der Waals surface area contributed by atoms with Gasteiger partial charge in [0.2, 0.25) is 0 Å². The van der Waals surface area contributed by atoms with Gasteiger partial charge in [0.15, 0.2) is 0 Å². The maximum Gasteiger partial charge on any atom is 0.387 e. The first-order chi connectivity index (χ1) is 13.9. The SMILES string of the molecule is C[C@H]1CN(Cc2ccccc2CNC(=O)c2ccccc2OC(F)F)C[C@H](C)O1. The molecule has 1 aliphatic heterocycles. The van der Waals surface area contributed by atoms with Crippen molar-refractivity contribution in [2.75, 3.05) is 13.1 Å². The number of carbonyl (C=O) groups excluding carboxylic acids is 1. The van der Waals surface area contributed by atoms with Crippen molar-refractivity contribution >= 4 is 5.91 Å². The molecule has 7 heteroatoms. The van der Waals surface area contributed by atoms with E-state index in [2.05, 4.69) is 28.8 Å². The van der Waals surface area contributed by atoms with Gasteiger partial charge < -0.3 is 14.8 Å².